The number of hydrogen-bond acceptors (Lipinski definition) is 8. The minimum absolute atomic E-state index is 0.311. The van der Waals surface area contributed by atoms with E-state index in [0.29, 0.717) is 54.9 Å². The molecule has 0 saturated carbocycles. The van der Waals surface area contributed by atoms with Gasteiger partial charge in [0.05, 0.1) is 28.7 Å². The van der Waals surface area contributed by atoms with E-state index in [-0.39, 0.29) is 0 Å². The Labute approximate surface area is 178 Å². The third-order valence-electron chi connectivity index (χ3n) is 4.69. The number of hydrogen-bond donors (Lipinski definition) is 0. The average molecular weight is 452 g/mol. The Bertz CT molecular complexity index is 1130. The van der Waals surface area contributed by atoms with Crippen LogP contribution >= 0.6 is 23.6 Å². The zero-order valence-electron chi connectivity index (χ0n) is 15.9. The second kappa shape index (κ2) is 8.44. The maximum Gasteiger partial charge on any atom is 0.288 e. The van der Waals surface area contributed by atoms with Gasteiger partial charge in [0.1, 0.15) is 0 Å². The van der Waals surface area contributed by atoms with E-state index < -0.39 is 10.0 Å². The van der Waals surface area contributed by atoms with E-state index in [1.165, 1.54) is 4.31 Å². The molecular formula is C18H21N5O3S3. The largest absolute Gasteiger partial charge is 0.414 e. The fraction of sp³-hybridized carbons (Fsp3) is 0.389. The van der Waals surface area contributed by atoms with Gasteiger partial charge in [0.25, 0.3) is 4.84 Å². The maximum atomic E-state index is 12.7. The summed E-state index contributed by atoms with van der Waals surface area (Å²) in [5, 5.41) is 7.45. The van der Waals surface area contributed by atoms with Gasteiger partial charge in [-0.2, -0.15) is 4.31 Å². The molecule has 29 heavy (non-hydrogen) atoms. The van der Waals surface area contributed by atoms with Crippen LogP contribution in [-0.2, 0) is 23.1 Å². The zero-order chi connectivity index (χ0) is 20.4. The van der Waals surface area contributed by atoms with E-state index in [4.69, 9.17) is 16.6 Å². The first-order valence-electron chi connectivity index (χ1n) is 9.17. The average Bonchev–Trinajstić information content (AvgIpc) is 3.28. The topological polar surface area (TPSA) is 84.5 Å². The van der Waals surface area contributed by atoms with Crippen LogP contribution in [0.3, 0.4) is 0 Å². The fourth-order valence-electron chi connectivity index (χ4n) is 3.20. The molecule has 154 valence electrons. The van der Waals surface area contributed by atoms with Crippen molar-refractivity contribution in [2.45, 2.75) is 24.9 Å². The van der Waals surface area contributed by atoms with Gasteiger partial charge < -0.3 is 4.42 Å². The summed E-state index contributed by atoms with van der Waals surface area (Å²) in [6.07, 6.45) is 0.504. The van der Waals surface area contributed by atoms with Crippen LogP contribution in [0.4, 0.5) is 0 Å². The van der Waals surface area contributed by atoms with Gasteiger partial charge in [0, 0.05) is 31.6 Å². The molecular weight excluding hydrogens is 430 g/mol. The monoisotopic (exact) mass is 451 g/mol. The number of rotatable bonds is 6. The molecule has 0 unspecified atom stereocenters. The van der Waals surface area contributed by atoms with Gasteiger partial charge in [-0.15, -0.1) is 16.4 Å². The van der Waals surface area contributed by atoms with E-state index in [9.17, 15) is 8.42 Å². The molecule has 0 atom stereocenters. The molecule has 11 heteroatoms. The molecule has 1 aliphatic heterocycles. The van der Waals surface area contributed by atoms with Crippen LogP contribution in [-0.4, -0.2) is 58.6 Å². The fourth-order valence-corrected chi connectivity index (χ4v) is 5.45. The number of thiazole rings is 1. The highest BCUT2D eigenvalue weighted by molar-refractivity contribution is 7.89. The van der Waals surface area contributed by atoms with Crippen molar-refractivity contribution in [1.29, 1.82) is 0 Å². The summed E-state index contributed by atoms with van der Waals surface area (Å²) in [5.41, 5.74) is 0.913. The van der Waals surface area contributed by atoms with E-state index in [0.717, 1.165) is 10.7 Å². The first kappa shape index (κ1) is 20.4. The third kappa shape index (κ3) is 4.64. The molecule has 0 radical (unpaired) electrons. The molecule has 0 N–H and O–H groups in total. The van der Waals surface area contributed by atoms with Crippen molar-refractivity contribution < 1.29 is 12.8 Å². The lowest BCUT2D eigenvalue weighted by atomic mass is 10.3. The van der Waals surface area contributed by atoms with Crippen molar-refractivity contribution in [3.63, 3.8) is 0 Å². The lowest BCUT2D eigenvalue weighted by Crippen LogP contribution is -2.48. The van der Waals surface area contributed by atoms with E-state index in [1.807, 2.05) is 18.4 Å². The number of piperazine rings is 1. The van der Waals surface area contributed by atoms with Gasteiger partial charge >= 0.3 is 0 Å². The zero-order valence-corrected chi connectivity index (χ0v) is 18.3. The molecule has 0 aliphatic carbocycles. The lowest BCUT2D eigenvalue weighted by molar-refractivity contribution is 0.143. The first-order valence-corrected chi connectivity index (χ1v) is 11.9. The Hall–Kier alpha value is -1.92. The molecule has 2 aromatic heterocycles. The van der Waals surface area contributed by atoms with Crippen LogP contribution in [0.15, 0.2) is 45.0 Å². The highest BCUT2D eigenvalue weighted by Crippen LogP contribution is 2.18. The Kier molecular flexibility index (Phi) is 5.93. The molecule has 3 heterocycles. The van der Waals surface area contributed by atoms with E-state index in [1.54, 1.807) is 40.3 Å². The van der Waals surface area contributed by atoms with Crippen LogP contribution in [0.5, 0.6) is 0 Å². The number of aryl methyl sites for hydroxylation is 1. The predicted octanol–water partition coefficient (Wildman–Crippen LogP) is 2.53. The number of benzene rings is 1. The van der Waals surface area contributed by atoms with Crippen molar-refractivity contribution in [2.24, 2.45) is 0 Å². The van der Waals surface area contributed by atoms with Crippen LogP contribution in [0.25, 0.3) is 0 Å². The van der Waals surface area contributed by atoms with Crippen LogP contribution in [0, 0.1) is 11.8 Å². The summed E-state index contributed by atoms with van der Waals surface area (Å²) in [5.74, 6) is 0.533. The van der Waals surface area contributed by atoms with Crippen molar-refractivity contribution >= 4 is 33.6 Å². The van der Waals surface area contributed by atoms with E-state index >= 15 is 0 Å². The molecule has 0 bridgehead atoms. The van der Waals surface area contributed by atoms with Crippen molar-refractivity contribution in [2.75, 3.05) is 26.2 Å². The van der Waals surface area contributed by atoms with Gasteiger partial charge in [0.2, 0.25) is 15.9 Å². The van der Waals surface area contributed by atoms with E-state index in [2.05, 4.69) is 15.0 Å². The van der Waals surface area contributed by atoms with Crippen molar-refractivity contribution in [3.05, 3.63) is 57.1 Å². The highest BCUT2D eigenvalue weighted by atomic mass is 32.2. The number of aromatic nitrogens is 3. The molecule has 1 saturated heterocycles. The maximum absolute atomic E-state index is 12.7. The normalized spacial score (nSPS) is 16.3. The minimum Gasteiger partial charge on any atom is -0.414 e. The van der Waals surface area contributed by atoms with Crippen LogP contribution < -0.4 is 0 Å². The van der Waals surface area contributed by atoms with Crippen LogP contribution in [0.1, 0.15) is 16.6 Å². The summed E-state index contributed by atoms with van der Waals surface area (Å²) in [6, 6.07) is 8.53. The quantitative estimate of drug-likeness (QED) is 0.533. The molecule has 1 fully saturated rings. The molecule has 3 aromatic rings. The van der Waals surface area contributed by atoms with Gasteiger partial charge in [-0.3, -0.25) is 4.90 Å². The predicted molar refractivity (Wildman–Crippen MR) is 112 cm³/mol. The minimum atomic E-state index is -3.46. The number of nitrogens with zero attached hydrogens (tertiary/aromatic N) is 5. The molecule has 8 nitrogen and oxygen atoms in total. The summed E-state index contributed by atoms with van der Waals surface area (Å²) in [6.45, 7) is 4.47. The summed E-state index contributed by atoms with van der Waals surface area (Å²) >= 11 is 6.88. The summed E-state index contributed by atoms with van der Waals surface area (Å²) in [7, 11) is -3.46. The standard InChI is InChI=1S/C18H21N5O3S3/c1-14-19-15(12-28-14)11-17-20-23(18(27)26-17)13-21-7-9-22(10-8-21)29(24,25)16-5-3-2-4-6-16/h2-6,12H,7-11,13H2,1H3. The Morgan fingerprint density at radius 3 is 2.55 bits per heavy atom. The smallest absolute Gasteiger partial charge is 0.288 e. The molecule has 1 aliphatic rings. The first-order chi connectivity index (χ1) is 13.9. The van der Waals surface area contributed by atoms with Crippen molar-refractivity contribution in [3.8, 4) is 0 Å². The van der Waals surface area contributed by atoms with Gasteiger partial charge in [-0.25, -0.2) is 18.1 Å². The third-order valence-corrected chi connectivity index (χ3v) is 7.72. The molecule has 0 amide bonds. The summed E-state index contributed by atoms with van der Waals surface area (Å²) in [4.78, 5) is 7.18. The molecule has 0 spiro atoms. The van der Waals surface area contributed by atoms with Gasteiger partial charge in [0.15, 0.2) is 0 Å². The SMILES string of the molecule is Cc1nc(Cc2nn(CN3CCN(S(=O)(=O)c4ccccc4)CC3)c(=S)o2)cs1. The summed E-state index contributed by atoms with van der Waals surface area (Å²) < 4.78 is 34.2. The lowest BCUT2D eigenvalue weighted by Gasteiger charge is -2.33. The second-order valence-electron chi connectivity index (χ2n) is 6.77. The second-order valence-corrected chi connectivity index (χ2v) is 10.1. The Balaban J connectivity index is 1.37. The molecule has 4 rings (SSSR count). The Morgan fingerprint density at radius 2 is 1.90 bits per heavy atom. The van der Waals surface area contributed by atoms with Crippen LogP contribution in [0.2, 0.25) is 0 Å². The highest BCUT2D eigenvalue weighted by Gasteiger charge is 2.28. The number of sulfonamides is 1. The Morgan fingerprint density at radius 1 is 1.17 bits per heavy atom. The van der Waals surface area contributed by atoms with Crippen molar-refractivity contribution in [1.82, 2.24) is 24.0 Å². The van der Waals surface area contributed by atoms with Gasteiger partial charge in [-0.1, -0.05) is 18.2 Å². The van der Waals surface area contributed by atoms with Gasteiger partial charge in [-0.05, 0) is 31.3 Å². The molecule has 1 aromatic carbocycles.